The molecule has 0 bridgehead atoms. The van der Waals surface area contributed by atoms with Gasteiger partial charge in [-0.3, -0.25) is 9.59 Å². The molecule has 2 amide bonds. The summed E-state index contributed by atoms with van der Waals surface area (Å²) in [6.45, 7) is 3.49. The number of hydrogen-bond donors (Lipinski definition) is 0. The van der Waals surface area contributed by atoms with Gasteiger partial charge in [0, 0.05) is 5.56 Å². The Morgan fingerprint density at radius 1 is 1.03 bits per heavy atom. The molecular formula is C26H21IN2O6S. The lowest BCUT2D eigenvalue weighted by atomic mass is 10.1. The minimum Gasteiger partial charge on any atom is -0.493 e. The Kier molecular flexibility index (Phi) is 7.27. The number of aryl methyl sites for hydroxylation is 1. The van der Waals surface area contributed by atoms with Crippen LogP contribution in [0.4, 0.5) is 0 Å². The molecule has 0 saturated carbocycles. The zero-order chi connectivity index (χ0) is 26.0. The summed E-state index contributed by atoms with van der Waals surface area (Å²) >= 11 is 1.94. The maximum atomic E-state index is 13.0. The molecule has 1 aliphatic heterocycles. The molecule has 36 heavy (non-hydrogen) atoms. The van der Waals surface area contributed by atoms with Gasteiger partial charge in [0.05, 0.1) is 22.0 Å². The smallest absolute Gasteiger partial charge is 0.339 e. The van der Waals surface area contributed by atoms with Crippen molar-refractivity contribution in [3.8, 4) is 11.5 Å². The Bertz CT molecular complexity index is 1510. The highest BCUT2D eigenvalue weighted by Crippen LogP contribution is 2.37. The topological polar surface area (TPSA) is 102 Å². The molecule has 3 aromatic carbocycles. The van der Waals surface area contributed by atoms with Crippen molar-refractivity contribution in [2.45, 2.75) is 18.7 Å². The van der Waals surface area contributed by atoms with Gasteiger partial charge in [0.15, 0.2) is 11.5 Å². The average Bonchev–Trinajstić information content (AvgIpc) is 3.14. The van der Waals surface area contributed by atoms with Crippen molar-refractivity contribution in [3.63, 3.8) is 0 Å². The Balaban J connectivity index is 1.64. The van der Waals surface area contributed by atoms with Crippen LogP contribution >= 0.6 is 22.6 Å². The maximum Gasteiger partial charge on any atom is 0.339 e. The van der Waals surface area contributed by atoms with Crippen LogP contribution in [-0.4, -0.2) is 38.1 Å². The summed E-state index contributed by atoms with van der Waals surface area (Å²) in [5.74, 6) is -0.885. The average molecular weight is 616 g/mol. The zero-order valence-electron chi connectivity index (χ0n) is 19.6. The number of halogens is 1. The van der Waals surface area contributed by atoms with E-state index in [4.69, 9.17) is 8.92 Å². The third-order valence-electron chi connectivity index (χ3n) is 5.34. The highest BCUT2D eigenvalue weighted by molar-refractivity contribution is 14.1. The minimum absolute atomic E-state index is 0.0173. The Morgan fingerprint density at radius 2 is 1.69 bits per heavy atom. The second-order valence-electron chi connectivity index (χ2n) is 7.92. The van der Waals surface area contributed by atoms with Crippen molar-refractivity contribution in [1.82, 2.24) is 5.01 Å². The lowest BCUT2D eigenvalue weighted by Gasteiger charge is -2.14. The van der Waals surface area contributed by atoms with E-state index in [-0.39, 0.29) is 22.0 Å². The number of ether oxygens (including phenoxy) is 1. The van der Waals surface area contributed by atoms with Crippen LogP contribution < -0.4 is 8.92 Å². The Morgan fingerprint density at radius 3 is 2.33 bits per heavy atom. The summed E-state index contributed by atoms with van der Waals surface area (Å²) in [7, 11) is -2.71. The fraction of sp³-hybridized carbons (Fsp3) is 0.115. The van der Waals surface area contributed by atoms with E-state index in [0.29, 0.717) is 20.4 Å². The molecule has 1 heterocycles. The molecule has 0 fully saturated rings. The molecule has 184 valence electrons. The Hall–Kier alpha value is -3.51. The number of hydrazone groups is 1. The van der Waals surface area contributed by atoms with Gasteiger partial charge in [0.1, 0.15) is 4.90 Å². The van der Waals surface area contributed by atoms with E-state index in [9.17, 15) is 18.0 Å². The van der Waals surface area contributed by atoms with E-state index in [2.05, 4.69) is 5.10 Å². The first kappa shape index (κ1) is 25.6. The second kappa shape index (κ2) is 10.2. The van der Waals surface area contributed by atoms with Crippen molar-refractivity contribution >= 4 is 56.3 Å². The summed E-state index contributed by atoms with van der Waals surface area (Å²) in [6.07, 6.45) is 1.57. The Labute approximate surface area is 222 Å². The fourth-order valence-corrected chi connectivity index (χ4v) is 5.30. The number of hydrogen-bond acceptors (Lipinski definition) is 7. The number of rotatable bonds is 6. The summed E-state index contributed by atoms with van der Waals surface area (Å²) in [6, 6.07) is 17.9. The first-order valence-corrected chi connectivity index (χ1v) is 13.2. The molecule has 0 saturated heterocycles. The van der Waals surface area contributed by atoms with E-state index in [0.717, 1.165) is 10.6 Å². The van der Waals surface area contributed by atoms with E-state index in [1.807, 2.05) is 29.5 Å². The molecule has 0 radical (unpaired) electrons. The molecule has 0 N–H and O–H groups in total. The van der Waals surface area contributed by atoms with Crippen molar-refractivity contribution in [3.05, 3.63) is 92.6 Å². The molecule has 3 aromatic rings. The number of carbonyl (C=O) groups is 2. The predicted octanol–water partition coefficient (Wildman–Crippen LogP) is 4.82. The number of methoxy groups -OCH3 is 1. The molecular weight excluding hydrogens is 595 g/mol. The molecule has 0 aliphatic carbocycles. The summed E-state index contributed by atoms with van der Waals surface area (Å²) in [4.78, 5) is 25.8. The van der Waals surface area contributed by atoms with Gasteiger partial charge in [-0.15, -0.1) is 0 Å². The van der Waals surface area contributed by atoms with E-state index in [1.54, 1.807) is 67.6 Å². The highest BCUT2D eigenvalue weighted by Gasteiger charge is 2.33. The quantitative estimate of drug-likeness (QED) is 0.171. The summed E-state index contributed by atoms with van der Waals surface area (Å²) in [5.41, 5.74) is 2.42. The minimum atomic E-state index is -4.10. The largest absolute Gasteiger partial charge is 0.493 e. The van der Waals surface area contributed by atoms with Gasteiger partial charge < -0.3 is 8.92 Å². The van der Waals surface area contributed by atoms with Crippen LogP contribution in [-0.2, 0) is 14.9 Å². The normalized spacial score (nSPS) is 14.7. The third kappa shape index (κ3) is 5.19. The molecule has 0 unspecified atom stereocenters. The van der Waals surface area contributed by atoms with Crippen molar-refractivity contribution in [1.29, 1.82) is 0 Å². The highest BCUT2D eigenvalue weighted by atomic mass is 127. The molecule has 4 rings (SSSR count). The van der Waals surface area contributed by atoms with Crippen LogP contribution in [0.3, 0.4) is 0 Å². The van der Waals surface area contributed by atoms with Crippen molar-refractivity contribution < 1.29 is 26.9 Å². The first-order chi connectivity index (χ1) is 17.1. The van der Waals surface area contributed by atoms with Crippen LogP contribution in [0.25, 0.3) is 6.08 Å². The maximum absolute atomic E-state index is 13.0. The van der Waals surface area contributed by atoms with Gasteiger partial charge >= 0.3 is 10.1 Å². The van der Waals surface area contributed by atoms with Crippen LogP contribution in [0.1, 0.15) is 28.4 Å². The molecule has 10 heteroatoms. The fourth-order valence-electron chi connectivity index (χ4n) is 3.46. The number of nitrogens with zero attached hydrogens (tertiary/aromatic N) is 2. The monoisotopic (exact) mass is 616 g/mol. The lowest BCUT2D eigenvalue weighted by molar-refractivity contribution is -0.123. The molecule has 8 nitrogen and oxygen atoms in total. The van der Waals surface area contributed by atoms with Crippen LogP contribution in [0.5, 0.6) is 11.5 Å². The number of benzene rings is 3. The molecule has 1 aliphatic rings. The van der Waals surface area contributed by atoms with Gasteiger partial charge in [0.25, 0.3) is 11.8 Å². The number of amides is 2. The van der Waals surface area contributed by atoms with E-state index in [1.165, 1.54) is 19.2 Å². The standard InChI is InChI=1S/C26H21IN2O6S/c1-16-9-11-20(12-10-16)36(32,33)35-24-22(27)14-18(15-23(24)34-3)13-21-17(2)28-29(26(21)31)25(30)19-7-5-4-6-8-19/h4-15H,1-3H3/b21-13+. The van der Waals surface area contributed by atoms with Gasteiger partial charge in [-0.05, 0) is 84.5 Å². The molecule has 0 atom stereocenters. The zero-order valence-corrected chi connectivity index (χ0v) is 22.5. The van der Waals surface area contributed by atoms with Gasteiger partial charge in [0.2, 0.25) is 0 Å². The first-order valence-electron chi connectivity index (χ1n) is 10.7. The second-order valence-corrected chi connectivity index (χ2v) is 10.6. The molecule has 0 spiro atoms. The number of imide groups is 1. The molecule has 0 aromatic heterocycles. The van der Waals surface area contributed by atoms with Crippen LogP contribution in [0.2, 0.25) is 0 Å². The van der Waals surface area contributed by atoms with Gasteiger partial charge in [-0.1, -0.05) is 35.9 Å². The van der Waals surface area contributed by atoms with Gasteiger partial charge in [-0.25, -0.2) is 0 Å². The SMILES string of the molecule is COc1cc(/C=C2/C(=O)N(C(=O)c3ccccc3)N=C2C)cc(I)c1OS(=O)(=O)c1ccc(C)cc1. The van der Waals surface area contributed by atoms with Crippen molar-refractivity contribution in [2.75, 3.05) is 7.11 Å². The van der Waals surface area contributed by atoms with Gasteiger partial charge in [-0.2, -0.15) is 18.5 Å². The van der Waals surface area contributed by atoms with E-state index >= 15 is 0 Å². The number of carbonyl (C=O) groups excluding carboxylic acids is 2. The predicted molar refractivity (Wildman–Crippen MR) is 143 cm³/mol. The summed E-state index contributed by atoms with van der Waals surface area (Å²) < 4.78 is 36.9. The van der Waals surface area contributed by atoms with Crippen molar-refractivity contribution in [2.24, 2.45) is 5.10 Å². The third-order valence-corrected chi connectivity index (χ3v) is 7.38. The van der Waals surface area contributed by atoms with E-state index < -0.39 is 21.9 Å². The van der Waals surface area contributed by atoms with Crippen LogP contribution in [0, 0.1) is 10.5 Å². The van der Waals surface area contributed by atoms with Crippen LogP contribution in [0.15, 0.2) is 82.3 Å². The lowest BCUT2D eigenvalue weighted by Crippen LogP contribution is -2.29. The summed E-state index contributed by atoms with van der Waals surface area (Å²) in [5, 5.41) is 4.98.